The number of aryl methyl sites for hydroxylation is 2. The summed E-state index contributed by atoms with van der Waals surface area (Å²) in [6.07, 6.45) is 6.15. The Labute approximate surface area is 113 Å². The first kappa shape index (κ1) is 12.3. The number of nitrogens with one attached hydrogen (secondary N) is 1. The fourth-order valence-electron chi connectivity index (χ4n) is 2.63. The zero-order valence-corrected chi connectivity index (χ0v) is 11.4. The summed E-state index contributed by atoms with van der Waals surface area (Å²) in [5.41, 5.74) is 2.05. The summed E-state index contributed by atoms with van der Waals surface area (Å²) in [4.78, 5) is 13.5. The van der Waals surface area contributed by atoms with Crippen LogP contribution in [0.25, 0.3) is 11.5 Å². The van der Waals surface area contributed by atoms with E-state index in [1.165, 1.54) is 12.8 Å². The lowest BCUT2D eigenvalue weighted by atomic mass is 9.95. The van der Waals surface area contributed by atoms with E-state index >= 15 is 0 Å². The molecule has 0 amide bonds. The van der Waals surface area contributed by atoms with Crippen LogP contribution in [0.3, 0.4) is 0 Å². The first-order valence-corrected chi connectivity index (χ1v) is 6.78. The molecule has 3 rings (SSSR count). The second kappa shape index (κ2) is 5.09. The van der Waals surface area contributed by atoms with Gasteiger partial charge in [-0.15, -0.1) is 0 Å². The molecule has 1 atom stereocenters. The van der Waals surface area contributed by atoms with E-state index in [0.717, 1.165) is 36.1 Å². The SMILES string of the molecule is Cc1nc(-c2nccn2C)cc([C@@H]2CCCNC2)n1. The first-order valence-electron chi connectivity index (χ1n) is 6.78. The van der Waals surface area contributed by atoms with Gasteiger partial charge in [0, 0.05) is 37.6 Å². The quantitative estimate of drug-likeness (QED) is 0.889. The Kier molecular flexibility index (Phi) is 3.29. The van der Waals surface area contributed by atoms with Crippen molar-refractivity contribution in [2.24, 2.45) is 7.05 Å². The summed E-state index contributed by atoms with van der Waals surface area (Å²) in [5.74, 6) is 2.21. The van der Waals surface area contributed by atoms with Gasteiger partial charge in [-0.05, 0) is 32.4 Å². The van der Waals surface area contributed by atoms with Gasteiger partial charge in [-0.2, -0.15) is 0 Å². The highest BCUT2D eigenvalue weighted by molar-refractivity contribution is 5.50. The van der Waals surface area contributed by atoms with Crippen LogP contribution in [0.2, 0.25) is 0 Å². The van der Waals surface area contributed by atoms with Gasteiger partial charge in [-0.1, -0.05) is 0 Å². The minimum Gasteiger partial charge on any atom is -0.333 e. The van der Waals surface area contributed by atoms with Gasteiger partial charge in [0.1, 0.15) is 11.5 Å². The Hall–Kier alpha value is -1.75. The Morgan fingerprint density at radius 1 is 1.37 bits per heavy atom. The van der Waals surface area contributed by atoms with Crippen molar-refractivity contribution in [1.82, 2.24) is 24.8 Å². The Balaban J connectivity index is 1.98. The number of aromatic nitrogens is 4. The number of hydrogen-bond donors (Lipinski definition) is 1. The Bertz CT molecular complexity index is 569. The molecule has 2 aromatic rings. The van der Waals surface area contributed by atoms with Gasteiger partial charge in [0.2, 0.25) is 0 Å². The van der Waals surface area contributed by atoms with Gasteiger partial charge in [0.25, 0.3) is 0 Å². The lowest BCUT2D eigenvalue weighted by Gasteiger charge is -2.22. The molecule has 0 aromatic carbocycles. The normalized spacial score (nSPS) is 19.6. The molecule has 1 fully saturated rings. The van der Waals surface area contributed by atoms with E-state index in [9.17, 15) is 0 Å². The number of hydrogen-bond acceptors (Lipinski definition) is 4. The second-order valence-electron chi connectivity index (χ2n) is 5.13. The van der Waals surface area contributed by atoms with Crippen LogP contribution in [0, 0.1) is 6.92 Å². The van der Waals surface area contributed by atoms with E-state index in [4.69, 9.17) is 0 Å². The van der Waals surface area contributed by atoms with Crippen LogP contribution in [0.15, 0.2) is 18.5 Å². The third-order valence-corrected chi connectivity index (χ3v) is 3.62. The molecule has 1 aliphatic rings. The van der Waals surface area contributed by atoms with E-state index in [-0.39, 0.29) is 0 Å². The van der Waals surface area contributed by atoms with Gasteiger partial charge in [0.15, 0.2) is 5.82 Å². The van der Waals surface area contributed by atoms with Crippen molar-refractivity contribution < 1.29 is 0 Å². The van der Waals surface area contributed by atoms with Gasteiger partial charge in [-0.3, -0.25) is 0 Å². The molecule has 19 heavy (non-hydrogen) atoms. The highest BCUT2D eigenvalue weighted by Crippen LogP contribution is 2.24. The van der Waals surface area contributed by atoms with Crippen molar-refractivity contribution in [1.29, 1.82) is 0 Å². The molecule has 0 radical (unpaired) electrons. The van der Waals surface area contributed by atoms with Crippen molar-refractivity contribution in [2.75, 3.05) is 13.1 Å². The highest BCUT2D eigenvalue weighted by atomic mass is 15.1. The summed E-state index contributed by atoms with van der Waals surface area (Å²) in [5, 5.41) is 3.44. The van der Waals surface area contributed by atoms with Crippen molar-refractivity contribution >= 4 is 0 Å². The lowest BCUT2D eigenvalue weighted by molar-refractivity contribution is 0.453. The van der Waals surface area contributed by atoms with Crippen LogP contribution in [-0.4, -0.2) is 32.6 Å². The number of nitrogens with zero attached hydrogens (tertiary/aromatic N) is 4. The molecule has 1 aliphatic heterocycles. The van der Waals surface area contributed by atoms with Crippen LogP contribution < -0.4 is 5.32 Å². The minimum atomic E-state index is 0.495. The zero-order chi connectivity index (χ0) is 13.2. The van der Waals surface area contributed by atoms with Gasteiger partial charge in [0.05, 0.1) is 0 Å². The molecule has 1 N–H and O–H groups in total. The topological polar surface area (TPSA) is 55.6 Å². The molecule has 2 aromatic heterocycles. The molecule has 5 heteroatoms. The molecule has 1 saturated heterocycles. The molecule has 5 nitrogen and oxygen atoms in total. The second-order valence-corrected chi connectivity index (χ2v) is 5.13. The summed E-state index contributed by atoms with van der Waals surface area (Å²) < 4.78 is 1.99. The molecular weight excluding hydrogens is 238 g/mol. The van der Waals surface area contributed by atoms with Crippen molar-refractivity contribution in [3.8, 4) is 11.5 Å². The first-order chi connectivity index (χ1) is 9.24. The number of imidazole rings is 1. The molecule has 0 bridgehead atoms. The maximum atomic E-state index is 4.61. The monoisotopic (exact) mass is 257 g/mol. The van der Waals surface area contributed by atoms with Crippen molar-refractivity contribution in [2.45, 2.75) is 25.7 Å². The van der Waals surface area contributed by atoms with E-state index in [1.54, 1.807) is 6.20 Å². The smallest absolute Gasteiger partial charge is 0.158 e. The Morgan fingerprint density at radius 3 is 2.95 bits per heavy atom. The lowest BCUT2D eigenvalue weighted by Crippen LogP contribution is -2.29. The van der Waals surface area contributed by atoms with E-state index in [1.807, 2.05) is 24.7 Å². The van der Waals surface area contributed by atoms with Gasteiger partial charge in [-0.25, -0.2) is 15.0 Å². The third-order valence-electron chi connectivity index (χ3n) is 3.62. The summed E-state index contributed by atoms with van der Waals surface area (Å²) >= 11 is 0. The van der Waals surface area contributed by atoms with Crippen LogP contribution in [-0.2, 0) is 7.05 Å². The van der Waals surface area contributed by atoms with E-state index in [0.29, 0.717) is 5.92 Å². The predicted molar refractivity (Wildman–Crippen MR) is 73.8 cm³/mol. The molecule has 100 valence electrons. The maximum Gasteiger partial charge on any atom is 0.158 e. The van der Waals surface area contributed by atoms with E-state index in [2.05, 4.69) is 26.3 Å². The van der Waals surface area contributed by atoms with Crippen molar-refractivity contribution in [3.05, 3.63) is 30.0 Å². The molecular formula is C14H19N5. The molecule has 0 spiro atoms. The standard InChI is InChI=1S/C14H19N5/c1-10-17-12(11-4-3-5-15-9-11)8-13(18-10)14-16-6-7-19(14)2/h6-8,11,15H,3-5,9H2,1-2H3/t11-/m1/s1. The van der Waals surface area contributed by atoms with Crippen molar-refractivity contribution in [3.63, 3.8) is 0 Å². The average Bonchev–Trinajstić information content (AvgIpc) is 2.85. The van der Waals surface area contributed by atoms with Crippen LogP contribution in [0.5, 0.6) is 0 Å². The van der Waals surface area contributed by atoms with Gasteiger partial charge < -0.3 is 9.88 Å². The largest absolute Gasteiger partial charge is 0.333 e. The highest BCUT2D eigenvalue weighted by Gasteiger charge is 2.18. The summed E-state index contributed by atoms with van der Waals surface area (Å²) in [6, 6.07) is 2.09. The molecule has 0 unspecified atom stereocenters. The fourth-order valence-corrected chi connectivity index (χ4v) is 2.63. The Morgan fingerprint density at radius 2 is 2.26 bits per heavy atom. The van der Waals surface area contributed by atoms with Crippen LogP contribution in [0.1, 0.15) is 30.3 Å². The summed E-state index contributed by atoms with van der Waals surface area (Å²) in [7, 11) is 1.99. The average molecular weight is 257 g/mol. The molecule has 3 heterocycles. The zero-order valence-electron chi connectivity index (χ0n) is 11.4. The summed E-state index contributed by atoms with van der Waals surface area (Å²) in [6.45, 7) is 4.08. The fraction of sp³-hybridized carbons (Fsp3) is 0.500. The number of piperidine rings is 1. The minimum absolute atomic E-state index is 0.495. The predicted octanol–water partition coefficient (Wildman–Crippen LogP) is 1.65. The van der Waals surface area contributed by atoms with Crippen LogP contribution in [0.4, 0.5) is 0 Å². The van der Waals surface area contributed by atoms with Gasteiger partial charge >= 0.3 is 0 Å². The van der Waals surface area contributed by atoms with Crippen LogP contribution >= 0.6 is 0 Å². The molecule has 0 saturated carbocycles. The molecule has 0 aliphatic carbocycles. The maximum absolute atomic E-state index is 4.61. The number of rotatable bonds is 2. The van der Waals surface area contributed by atoms with E-state index < -0.39 is 0 Å². The third kappa shape index (κ3) is 2.51.